The first kappa shape index (κ1) is 21.7. The summed E-state index contributed by atoms with van der Waals surface area (Å²) in [7, 11) is 0. The zero-order valence-corrected chi connectivity index (χ0v) is 18.5. The van der Waals surface area contributed by atoms with Crippen LogP contribution in [-0.2, 0) is 6.42 Å². The number of aryl methyl sites for hydroxylation is 1. The predicted molar refractivity (Wildman–Crippen MR) is 123 cm³/mol. The molecule has 1 unspecified atom stereocenters. The highest BCUT2D eigenvalue weighted by Gasteiger charge is 2.34. The number of likely N-dealkylation sites (tertiary alicyclic amines) is 1. The van der Waals surface area contributed by atoms with Gasteiger partial charge in [0.25, 0.3) is 0 Å². The van der Waals surface area contributed by atoms with Crippen molar-refractivity contribution < 1.29 is 18.5 Å². The molecule has 0 radical (unpaired) electrons. The second kappa shape index (κ2) is 9.40. The van der Waals surface area contributed by atoms with E-state index in [4.69, 9.17) is 4.52 Å². The molecule has 2 heterocycles. The molecule has 0 spiro atoms. The standard InChI is InChI=1S/C27H27FN2O3/c28-22-9-6-19(7-10-22)26(31)21-13-16-30(17-14-21)15-12-20-8-11-23-24(27(20)32)25(29-33-23)18-4-2-1-3-5-18/h1-7,9-10,20-21H,8,11-17H2. The molecule has 0 amide bonds. The van der Waals surface area contributed by atoms with Crippen LogP contribution >= 0.6 is 0 Å². The molecule has 1 aliphatic carbocycles. The molecular formula is C27H27FN2O3. The van der Waals surface area contributed by atoms with Gasteiger partial charge >= 0.3 is 0 Å². The number of carbonyl (C=O) groups is 2. The van der Waals surface area contributed by atoms with Crippen LogP contribution in [0.25, 0.3) is 11.3 Å². The van der Waals surface area contributed by atoms with E-state index in [2.05, 4.69) is 10.1 Å². The van der Waals surface area contributed by atoms with E-state index in [9.17, 15) is 14.0 Å². The van der Waals surface area contributed by atoms with Crippen LogP contribution in [0.15, 0.2) is 59.1 Å². The average Bonchev–Trinajstić information content (AvgIpc) is 3.30. The Balaban J connectivity index is 1.16. The first-order valence-corrected chi connectivity index (χ1v) is 11.7. The SMILES string of the molecule is O=C(c1ccc(F)cc1)C1CCN(CCC2CCc3onc(-c4ccccc4)c3C2=O)CC1. The second-order valence-electron chi connectivity index (χ2n) is 9.07. The zero-order chi connectivity index (χ0) is 22.8. The minimum atomic E-state index is -0.326. The van der Waals surface area contributed by atoms with Gasteiger partial charge in [0.2, 0.25) is 0 Å². The van der Waals surface area contributed by atoms with Crippen molar-refractivity contribution >= 4 is 11.6 Å². The van der Waals surface area contributed by atoms with Gasteiger partial charge < -0.3 is 9.42 Å². The Labute approximate surface area is 192 Å². The van der Waals surface area contributed by atoms with Gasteiger partial charge in [-0.05, 0) is 69.6 Å². The molecule has 2 aromatic carbocycles. The van der Waals surface area contributed by atoms with Gasteiger partial charge in [-0.3, -0.25) is 9.59 Å². The Morgan fingerprint density at radius 1 is 1.03 bits per heavy atom. The third-order valence-corrected chi connectivity index (χ3v) is 7.03. The summed E-state index contributed by atoms with van der Waals surface area (Å²) in [4.78, 5) is 28.3. The van der Waals surface area contributed by atoms with Crippen LogP contribution in [0.2, 0.25) is 0 Å². The van der Waals surface area contributed by atoms with Crippen LogP contribution in [-0.4, -0.2) is 41.3 Å². The minimum Gasteiger partial charge on any atom is -0.360 e. The van der Waals surface area contributed by atoms with Gasteiger partial charge in [0.05, 0.1) is 5.56 Å². The van der Waals surface area contributed by atoms with Crippen LogP contribution in [0.1, 0.15) is 52.2 Å². The number of halogens is 1. The zero-order valence-electron chi connectivity index (χ0n) is 18.5. The van der Waals surface area contributed by atoms with Crippen LogP contribution in [0.4, 0.5) is 4.39 Å². The Morgan fingerprint density at radius 3 is 2.48 bits per heavy atom. The third-order valence-electron chi connectivity index (χ3n) is 7.03. The third kappa shape index (κ3) is 4.53. The van der Waals surface area contributed by atoms with Crippen LogP contribution < -0.4 is 0 Å². The summed E-state index contributed by atoms with van der Waals surface area (Å²) in [5, 5.41) is 4.20. The van der Waals surface area contributed by atoms with Crippen molar-refractivity contribution in [2.45, 2.75) is 32.1 Å². The van der Waals surface area contributed by atoms with Crippen molar-refractivity contribution in [1.82, 2.24) is 10.1 Å². The Hall–Kier alpha value is -3.12. The fourth-order valence-corrected chi connectivity index (χ4v) is 5.06. The van der Waals surface area contributed by atoms with Crippen molar-refractivity contribution in [3.63, 3.8) is 0 Å². The summed E-state index contributed by atoms with van der Waals surface area (Å²) in [5.74, 6) is 0.570. The summed E-state index contributed by atoms with van der Waals surface area (Å²) in [6.45, 7) is 2.52. The topological polar surface area (TPSA) is 63.4 Å². The van der Waals surface area contributed by atoms with Gasteiger partial charge in [-0.25, -0.2) is 4.39 Å². The molecule has 33 heavy (non-hydrogen) atoms. The molecule has 3 aromatic rings. The van der Waals surface area contributed by atoms with Gasteiger partial charge in [-0.1, -0.05) is 35.5 Å². The first-order chi connectivity index (χ1) is 16.1. The molecule has 5 rings (SSSR count). The monoisotopic (exact) mass is 446 g/mol. The fourth-order valence-electron chi connectivity index (χ4n) is 5.06. The van der Waals surface area contributed by atoms with Crippen LogP contribution in [0.3, 0.4) is 0 Å². The number of piperidine rings is 1. The largest absolute Gasteiger partial charge is 0.360 e. The van der Waals surface area contributed by atoms with Crippen LogP contribution in [0.5, 0.6) is 0 Å². The molecule has 0 bridgehead atoms. The van der Waals surface area contributed by atoms with Gasteiger partial charge in [0.15, 0.2) is 11.6 Å². The Bertz CT molecular complexity index is 1130. The van der Waals surface area contributed by atoms with E-state index < -0.39 is 0 Å². The molecule has 1 aliphatic heterocycles. The number of ketones is 2. The molecule has 1 aromatic heterocycles. The summed E-state index contributed by atoms with van der Waals surface area (Å²) >= 11 is 0. The number of hydrogen-bond acceptors (Lipinski definition) is 5. The minimum absolute atomic E-state index is 0.0176. The van der Waals surface area contributed by atoms with Gasteiger partial charge in [-0.2, -0.15) is 0 Å². The van der Waals surface area contributed by atoms with Gasteiger partial charge in [0.1, 0.15) is 17.3 Å². The van der Waals surface area contributed by atoms with E-state index in [0.717, 1.165) is 57.3 Å². The molecule has 0 saturated carbocycles. The number of carbonyl (C=O) groups excluding carboxylic acids is 2. The number of aromatic nitrogens is 1. The first-order valence-electron chi connectivity index (χ1n) is 11.7. The molecule has 170 valence electrons. The van der Waals surface area contributed by atoms with Gasteiger partial charge in [0, 0.05) is 29.4 Å². The number of nitrogens with zero attached hydrogens (tertiary/aromatic N) is 2. The smallest absolute Gasteiger partial charge is 0.171 e. The van der Waals surface area contributed by atoms with Crippen molar-refractivity contribution in [2.24, 2.45) is 11.8 Å². The fraction of sp³-hybridized carbons (Fsp3) is 0.370. The van der Waals surface area contributed by atoms with Crippen molar-refractivity contribution in [1.29, 1.82) is 0 Å². The highest BCUT2D eigenvalue weighted by atomic mass is 19.1. The van der Waals surface area contributed by atoms with E-state index in [-0.39, 0.29) is 29.2 Å². The van der Waals surface area contributed by atoms with E-state index in [1.165, 1.54) is 12.1 Å². The highest BCUT2D eigenvalue weighted by molar-refractivity contribution is 6.04. The maximum absolute atomic E-state index is 13.3. The van der Waals surface area contributed by atoms with E-state index in [1.807, 2.05) is 30.3 Å². The number of hydrogen-bond donors (Lipinski definition) is 0. The molecule has 1 saturated heterocycles. The molecule has 5 nitrogen and oxygen atoms in total. The highest BCUT2D eigenvalue weighted by Crippen LogP contribution is 2.35. The number of rotatable bonds is 6. The van der Waals surface area contributed by atoms with Crippen LogP contribution in [0, 0.1) is 17.7 Å². The lowest BCUT2D eigenvalue weighted by Gasteiger charge is -2.32. The molecule has 1 atom stereocenters. The quantitative estimate of drug-likeness (QED) is 0.487. The second-order valence-corrected chi connectivity index (χ2v) is 9.07. The normalized spacial score (nSPS) is 19.4. The van der Waals surface area contributed by atoms with Gasteiger partial charge in [-0.15, -0.1) is 0 Å². The lowest BCUT2D eigenvalue weighted by Crippen LogP contribution is -2.38. The number of fused-ring (bicyclic) bond motifs is 1. The number of benzene rings is 2. The summed E-state index contributed by atoms with van der Waals surface area (Å²) in [5.41, 5.74) is 2.80. The molecule has 2 aliphatic rings. The van der Waals surface area contributed by atoms with Crippen molar-refractivity contribution in [3.05, 3.63) is 77.3 Å². The molecular weight excluding hydrogens is 419 g/mol. The molecule has 1 fully saturated rings. The lowest BCUT2D eigenvalue weighted by molar-refractivity contribution is 0.0818. The number of Topliss-reactive ketones (excluding diaryl/α,β-unsaturated/α-hetero) is 2. The molecule has 6 heteroatoms. The maximum atomic E-state index is 13.3. The lowest BCUT2D eigenvalue weighted by atomic mass is 9.82. The summed E-state index contributed by atoms with van der Waals surface area (Å²) < 4.78 is 18.6. The van der Waals surface area contributed by atoms with E-state index in [0.29, 0.717) is 22.6 Å². The Kier molecular flexibility index (Phi) is 6.18. The van der Waals surface area contributed by atoms with E-state index >= 15 is 0 Å². The maximum Gasteiger partial charge on any atom is 0.171 e. The van der Waals surface area contributed by atoms with E-state index in [1.54, 1.807) is 12.1 Å². The predicted octanol–water partition coefficient (Wildman–Crippen LogP) is 5.21. The molecule has 0 N–H and O–H groups in total. The summed E-state index contributed by atoms with van der Waals surface area (Å²) in [6, 6.07) is 15.5. The van der Waals surface area contributed by atoms with Crippen molar-refractivity contribution in [3.8, 4) is 11.3 Å². The summed E-state index contributed by atoms with van der Waals surface area (Å²) in [6.07, 6.45) is 3.91. The Morgan fingerprint density at radius 2 is 1.76 bits per heavy atom. The van der Waals surface area contributed by atoms with Crippen molar-refractivity contribution in [2.75, 3.05) is 19.6 Å². The average molecular weight is 447 g/mol.